The van der Waals surface area contributed by atoms with Crippen molar-refractivity contribution in [1.29, 1.82) is 0 Å². The summed E-state index contributed by atoms with van der Waals surface area (Å²) >= 11 is 11.9. The van der Waals surface area contributed by atoms with Gasteiger partial charge in [-0.2, -0.15) is 0 Å². The number of carbonyl (C=O) groups is 2. The second-order valence-electron chi connectivity index (χ2n) is 7.86. The van der Waals surface area contributed by atoms with Gasteiger partial charge in [0, 0.05) is 36.6 Å². The molecule has 1 N–H and O–H groups in total. The lowest BCUT2D eigenvalue weighted by atomic mass is 9.92. The van der Waals surface area contributed by atoms with Crippen LogP contribution in [0.4, 0.5) is 5.69 Å². The Kier molecular flexibility index (Phi) is 12.2. The van der Waals surface area contributed by atoms with Crippen LogP contribution in [-0.4, -0.2) is 62.7 Å². The standard InChI is InChI=1S/C21H33BCl2N2O4/c1-5-29-19-7-6-18(26(10-8-23)11-9-24)13-16(19)12-17(25-22-15-27)14-20(28)30-21(2,3)4/h6-7,13,15,17,22,25H,5,8-12,14H2,1-4H3/t17-/m0/s1. The molecule has 0 saturated carbocycles. The Morgan fingerprint density at radius 1 is 1.27 bits per heavy atom. The third-order valence-electron chi connectivity index (χ3n) is 4.21. The van der Waals surface area contributed by atoms with Crippen LogP contribution in [0.5, 0.6) is 5.75 Å². The fraction of sp³-hybridized carbons (Fsp3) is 0.619. The highest BCUT2D eigenvalue weighted by atomic mass is 35.5. The summed E-state index contributed by atoms with van der Waals surface area (Å²) in [6.07, 6.45) is 1.43. The number of benzene rings is 1. The van der Waals surface area contributed by atoms with Crippen molar-refractivity contribution in [3.8, 4) is 5.75 Å². The molecule has 0 aliphatic heterocycles. The van der Waals surface area contributed by atoms with Crippen LogP contribution in [0.15, 0.2) is 18.2 Å². The van der Waals surface area contributed by atoms with Gasteiger partial charge in [0.25, 0.3) is 7.41 Å². The summed E-state index contributed by atoms with van der Waals surface area (Å²) in [5.41, 5.74) is 1.36. The Morgan fingerprint density at radius 3 is 2.47 bits per heavy atom. The maximum Gasteiger partial charge on any atom is 0.307 e. The highest BCUT2D eigenvalue weighted by molar-refractivity contribution is 6.64. The van der Waals surface area contributed by atoms with E-state index in [0.717, 1.165) is 23.2 Å². The summed E-state index contributed by atoms with van der Waals surface area (Å²) in [5.74, 6) is 1.41. The van der Waals surface area contributed by atoms with Gasteiger partial charge in [-0.15, -0.1) is 23.2 Å². The Hall–Kier alpha value is -1.44. The molecule has 0 amide bonds. The van der Waals surface area contributed by atoms with Gasteiger partial charge >= 0.3 is 5.97 Å². The summed E-state index contributed by atoms with van der Waals surface area (Å²) in [5, 5.41) is 3.12. The average Bonchev–Trinajstić information content (AvgIpc) is 2.66. The van der Waals surface area contributed by atoms with E-state index in [0.29, 0.717) is 37.9 Å². The van der Waals surface area contributed by atoms with Gasteiger partial charge < -0.3 is 24.4 Å². The minimum Gasteiger partial charge on any atom is -0.494 e. The summed E-state index contributed by atoms with van der Waals surface area (Å²) in [7, 11) is 0.155. The number of ether oxygens (including phenoxy) is 2. The molecular weight excluding hydrogens is 426 g/mol. The number of alkyl halides is 2. The van der Waals surface area contributed by atoms with Crippen LogP contribution in [-0.2, 0) is 20.7 Å². The number of halogens is 2. The molecule has 9 heteroatoms. The monoisotopic (exact) mass is 458 g/mol. The maximum atomic E-state index is 12.4. The predicted octanol–water partition coefficient (Wildman–Crippen LogP) is 3.14. The van der Waals surface area contributed by atoms with Crippen LogP contribution in [0.25, 0.3) is 0 Å². The minimum absolute atomic E-state index is 0.147. The Balaban J connectivity index is 3.12. The topological polar surface area (TPSA) is 67.9 Å². The zero-order valence-corrected chi connectivity index (χ0v) is 19.9. The first-order valence-electron chi connectivity index (χ1n) is 10.3. The lowest BCUT2D eigenvalue weighted by molar-refractivity contribution is -0.155. The highest BCUT2D eigenvalue weighted by Gasteiger charge is 2.22. The number of hydrogen-bond donors (Lipinski definition) is 1. The fourth-order valence-electron chi connectivity index (χ4n) is 3.07. The van der Waals surface area contributed by atoms with Crippen LogP contribution in [0.3, 0.4) is 0 Å². The molecule has 1 rings (SSSR count). The molecule has 0 aromatic heterocycles. The Labute approximate surface area is 190 Å². The number of carbonyl (C=O) groups excluding carboxylic acids is 2. The normalized spacial score (nSPS) is 12.2. The molecule has 0 heterocycles. The Bertz CT molecular complexity index is 665. The Morgan fingerprint density at radius 2 is 1.93 bits per heavy atom. The third-order valence-corrected chi connectivity index (χ3v) is 4.55. The number of esters is 1. The number of nitrogens with one attached hydrogen (secondary N) is 1. The molecule has 0 unspecified atom stereocenters. The molecule has 0 aliphatic carbocycles. The molecule has 0 spiro atoms. The van der Waals surface area contributed by atoms with Crippen LogP contribution >= 0.6 is 23.2 Å². The molecule has 6 nitrogen and oxygen atoms in total. The van der Waals surface area contributed by atoms with Crippen LogP contribution in [0, 0.1) is 0 Å². The molecule has 30 heavy (non-hydrogen) atoms. The third kappa shape index (κ3) is 10.0. The van der Waals surface area contributed by atoms with E-state index < -0.39 is 5.60 Å². The van der Waals surface area contributed by atoms with Gasteiger partial charge in [-0.05, 0) is 57.9 Å². The lowest BCUT2D eigenvalue weighted by Gasteiger charge is -2.26. The van der Waals surface area contributed by atoms with E-state index in [4.69, 9.17) is 32.7 Å². The summed E-state index contributed by atoms with van der Waals surface area (Å²) in [6.45, 7) is 9.29. The average molecular weight is 459 g/mol. The molecule has 1 atom stereocenters. The van der Waals surface area contributed by atoms with Gasteiger partial charge in [0.2, 0.25) is 0 Å². The second-order valence-corrected chi connectivity index (χ2v) is 8.61. The number of hydrogen-bond acceptors (Lipinski definition) is 6. The van der Waals surface area contributed by atoms with Gasteiger partial charge in [-0.1, -0.05) is 0 Å². The van der Waals surface area contributed by atoms with E-state index in [1.54, 1.807) is 0 Å². The molecule has 0 bridgehead atoms. The van der Waals surface area contributed by atoms with Crippen LogP contribution in [0.2, 0.25) is 0 Å². The zero-order valence-electron chi connectivity index (χ0n) is 18.4. The van der Waals surface area contributed by atoms with Gasteiger partial charge in [0.05, 0.1) is 19.2 Å². The van der Waals surface area contributed by atoms with Crippen molar-refractivity contribution < 1.29 is 19.1 Å². The summed E-state index contributed by atoms with van der Waals surface area (Å²) in [6, 6.07) is 5.67. The van der Waals surface area contributed by atoms with E-state index >= 15 is 0 Å². The van der Waals surface area contributed by atoms with Gasteiger partial charge in [0.15, 0.2) is 0 Å². The predicted molar refractivity (Wildman–Crippen MR) is 126 cm³/mol. The summed E-state index contributed by atoms with van der Waals surface area (Å²) in [4.78, 5) is 25.4. The van der Waals surface area contributed by atoms with Crippen molar-refractivity contribution >= 4 is 48.5 Å². The molecule has 0 saturated heterocycles. The largest absolute Gasteiger partial charge is 0.494 e. The highest BCUT2D eigenvalue weighted by Crippen LogP contribution is 2.27. The van der Waals surface area contributed by atoms with Crippen molar-refractivity contribution in [2.45, 2.75) is 52.2 Å². The molecule has 0 aliphatic rings. The van der Waals surface area contributed by atoms with E-state index in [1.165, 1.54) is 0 Å². The fourth-order valence-corrected chi connectivity index (χ4v) is 3.48. The first-order chi connectivity index (χ1) is 14.2. The number of nitrogens with zero attached hydrogens (tertiary/aromatic N) is 1. The van der Waals surface area contributed by atoms with Crippen molar-refractivity contribution in [2.24, 2.45) is 0 Å². The minimum atomic E-state index is -0.563. The van der Waals surface area contributed by atoms with E-state index in [1.807, 2.05) is 45.9 Å². The quantitative estimate of drug-likeness (QED) is 0.200. The molecular formula is C21H33BCl2N2O4. The SMILES string of the molecule is CCOc1ccc(N(CCCl)CCCl)cc1C[C@@H](CC(=O)OC(C)(C)C)NBC=O. The van der Waals surface area contributed by atoms with Crippen molar-refractivity contribution in [1.82, 2.24) is 5.23 Å². The van der Waals surface area contributed by atoms with Crippen LogP contribution in [0.1, 0.15) is 39.7 Å². The summed E-state index contributed by atoms with van der Waals surface area (Å²) < 4.78 is 11.3. The first-order valence-corrected chi connectivity index (χ1v) is 11.3. The van der Waals surface area contributed by atoms with Crippen molar-refractivity contribution in [2.75, 3.05) is 36.4 Å². The molecule has 1 aromatic carbocycles. The zero-order chi connectivity index (χ0) is 22.6. The van der Waals surface area contributed by atoms with Crippen molar-refractivity contribution in [3.05, 3.63) is 23.8 Å². The number of anilines is 1. The van der Waals surface area contributed by atoms with Crippen molar-refractivity contribution in [3.63, 3.8) is 0 Å². The van der Waals surface area contributed by atoms with Crippen LogP contribution < -0.4 is 14.9 Å². The van der Waals surface area contributed by atoms with Gasteiger partial charge in [0.1, 0.15) is 11.4 Å². The smallest absolute Gasteiger partial charge is 0.307 e. The lowest BCUT2D eigenvalue weighted by Crippen LogP contribution is -2.38. The van der Waals surface area contributed by atoms with Gasteiger partial charge in [-0.3, -0.25) is 4.79 Å². The number of rotatable bonds is 14. The molecule has 1 aromatic rings. The van der Waals surface area contributed by atoms with Gasteiger partial charge in [-0.25, -0.2) is 0 Å². The molecule has 0 fully saturated rings. The first kappa shape index (κ1) is 26.6. The second kappa shape index (κ2) is 13.8. The molecule has 0 radical (unpaired) electrons. The van der Waals surface area contributed by atoms with E-state index in [9.17, 15) is 9.59 Å². The van der Waals surface area contributed by atoms with E-state index in [-0.39, 0.29) is 25.8 Å². The van der Waals surface area contributed by atoms with E-state index in [2.05, 4.69) is 10.1 Å². The maximum absolute atomic E-state index is 12.4. The molecule has 168 valence electrons.